The van der Waals surface area contributed by atoms with Crippen LogP contribution in [0, 0.1) is 5.92 Å². The standard InChI is InChI=1S/C21H34N4O3S/c1-17-10-14-25(15-11-17)29(27,28)20-7-5-19(6-8-20)24-21(26)16-22-13-9-18-4-2-3-12-23-18/h5-8,17-18,22-23H,2-4,9-16H2,1H3,(H,24,26). The van der Waals surface area contributed by atoms with Crippen LogP contribution in [0.15, 0.2) is 29.2 Å². The second-order valence-corrected chi connectivity index (χ2v) is 10.2. The predicted octanol–water partition coefficient (Wildman–Crippen LogP) is 2.17. The Hall–Kier alpha value is -1.48. The molecule has 0 saturated carbocycles. The van der Waals surface area contributed by atoms with Crippen LogP contribution in [0.2, 0.25) is 0 Å². The van der Waals surface area contributed by atoms with Gasteiger partial charge < -0.3 is 16.0 Å². The van der Waals surface area contributed by atoms with Gasteiger partial charge >= 0.3 is 0 Å². The van der Waals surface area contributed by atoms with Gasteiger partial charge in [0.25, 0.3) is 0 Å². The van der Waals surface area contributed by atoms with Crippen molar-refractivity contribution in [2.24, 2.45) is 5.92 Å². The Balaban J connectivity index is 1.43. The summed E-state index contributed by atoms with van der Waals surface area (Å²) in [5, 5.41) is 9.50. The summed E-state index contributed by atoms with van der Waals surface area (Å²) in [5.41, 5.74) is 0.608. The average Bonchev–Trinajstić information content (AvgIpc) is 2.73. The van der Waals surface area contributed by atoms with E-state index in [2.05, 4.69) is 22.9 Å². The Morgan fingerprint density at radius 3 is 2.52 bits per heavy atom. The minimum Gasteiger partial charge on any atom is -0.325 e. The molecular weight excluding hydrogens is 388 g/mol. The van der Waals surface area contributed by atoms with E-state index in [-0.39, 0.29) is 17.3 Å². The van der Waals surface area contributed by atoms with Crippen molar-refractivity contribution in [1.82, 2.24) is 14.9 Å². The second kappa shape index (κ2) is 10.5. The smallest absolute Gasteiger partial charge is 0.243 e. The van der Waals surface area contributed by atoms with Gasteiger partial charge in [-0.25, -0.2) is 8.42 Å². The monoisotopic (exact) mass is 422 g/mol. The Kier molecular flexibility index (Phi) is 8.06. The maximum atomic E-state index is 12.8. The van der Waals surface area contributed by atoms with Crippen LogP contribution in [0.1, 0.15) is 45.4 Å². The topological polar surface area (TPSA) is 90.5 Å². The first-order chi connectivity index (χ1) is 13.9. The summed E-state index contributed by atoms with van der Waals surface area (Å²) >= 11 is 0. The lowest BCUT2D eigenvalue weighted by molar-refractivity contribution is -0.115. The van der Waals surface area contributed by atoms with Crippen LogP contribution < -0.4 is 16.0 Å². The van der Waals surface area contributed by atoms with Gasteiger partial charge in [-0.15, -0.1) is 0 Å². The van der Waals surface area contributed by atoms with Gasteiger partial charge in [0.2, 0.25) is 15.9 Å². The molecule has 162 valence electrons. The summed E-state index contributed by atoms with van der Waals surface area (Å²) < 4.78 is 27.1. The summed E-state index contributed by atoms with van der Waals surface area (Å²) in [6, 6.07) is 7.01. The molecule has 0 radical (unpaired) electrons. The van der Waals surface area contributed by atoms with Gasteiger partial charge in [0.1, 0.15) is 0 Å². The first kappa shape index (κ1) is 22.2. The predicted molar refractivity (Wildman–Crippen MR) is 115 cm³/mol. The number of nitrogens with one attached hydrogen (secondary N) is 3. The summed E-state index contributed by atoms with van der Waals surface area (Å²) in [6.07, 6.45) is 6.56. The highest BCUT2D eigenvalue weighted by molar-refractivity contribution is 7.89. The Bertz CT molecular complexity index is 753. The molecule has 2 heterocycles. The molecule has 1 unspecified atom stereocenters. The van der Waals surface area contributed by atoms with E-state index in [9.17, 15) is 13.2 Å². The molecule has 2 aliphatic rings. The number of nitrogens with zero attached hydrogens (tertiary/aromatic N) is 1. The summed E-state index contributed by atoms with van der Waals surface area (Å²) in [4.78, 5) is 12.4. The molecule has 2 fully saturated rings. The van der Waals surface area contributed by atoms with Crippen molar-refractivity contribution >= 4 is 21.6 Å². The van der Waals surface area contributed by atoms with E-state index in [0.717, 1.165) is 32.4 Å². The van der Waals surface area contributed by atoms with Crippen molar-refractivity contribution in [3.8, 4) is 0 Å². The summed E-state index contributed by atoms with van der Waals surface area (Å²) in [5.74, 6) is 0.453. The van der Waals surface area contributed by atoms with E-state index in [1.54, 1.807) is 28.6 Å². The van der Waals surface area contributed by atoms with E-state index in [0.29, 0.717) is 30.7 Å². The van der Waals surface area contributed by atoms with Crippen molar-refractivity contribution in [3.63, 3.8) is 0 Å². The lowest BCUT2D eigenvalue weighted by atomic mass is 10.0. The summed E-state index contributed by atoms with van der Waals surface area (Å²) in [7, 11) is -3.46. The van der Waals surface area contributed by atoms with Gasteiger partial charge in [-0.05, 0) is 75.4 Å². The van der Waals surface area contributed by atoms with E-state index in [1.807, 2.05) is 0 Å². The van der Waals surface area contributed by atoms with Crippen LogP contribution in [0.5, 0.6) is 0 Å². The molecule has 7 nitrogen and oxygen atoms in total. The first-order valence-corrected chi connectivity index (χ1v) is 12.2. The minimum absolute atomic E-state index is 0.123. The number of amides is 1. The Morgan fingerprint density at radius 2 is 1.86 bits per heavy atom. The van der Waals surface area contributed by atoms with Crippen molar-refractivity contribution in [1.29, 1.82) is 0 Å². The SMILES string of the molecule is CC1CCN(S(=O)(=O)c2ccc(NC(=O)CNCCC3CCCCN3)cc2)CC1. The number of hydrogen-bond donors (Lipinski definition) is 3. The zero-order valence-electron chi connectivity index (χ0n) is 17.3. The molecule has 3 rings (SSSR count). The fourth-order valence-corrected chi connectivity index (χ4v) is 5.41. The molecule has 0 aromatic heterocycles. The van der Waals surface area contributed by atoms with E-state index >= 15 is 0 Å². The molecule has 1 aromatic carbocycles. The normalized spacial score (nSPS) is 21.8. The number of piperidine rings is 2. The fraction of sp³-hybridized carbons (Fsp3) is 0.667. The Labute approximate surface area is 174 Å². The van der Waals surface area contributed by atoms with Crippen LogP contribution in [-0.2, 0) is 14.8 Å². The third kappa shape index (κ3) is 6.50. The number of rotatable bonds is 8. The van der Waals surface area contributed by atoms with E-state index < -0.39 is 10.0 Å². The lowest BCUT2D eigenvalue weighted by Gasteiger charge is -2.29. The summed E-state index contributed by atoms with van der Waals surface area (Å²) in [6.45, 7) is 5.44. The number of sulfonamides is 1. The number of hydrogen-bond acceptors (Lipinski definition) is 5. The van der Waals surface area contributed by atoms with Gasteiger partial charge in [0.05, 0.1) is 11.4 Å². The molecule has 0 bridgehead atoms. The number of benzene rings is 1. The fourth-order valence-electron chi connectivity index (χ4n) is 3.94. The zero-order chi connectivity index (χ0) is 20.7. The van der Waals surface area contributed by atoms with Crippen molar-refractivity contribution in [3.05, 3.63) is 24.3 Å². The van der Waals surface area contributed by atoms with Crippen LogP contribution >= 0.6 is 0 Å². The lowest BCUT2D eigenvalue weighted by Crippen LogP contribution is -2.38. The van der Waals surface area contributed by atoms with E-state index in [1.165, 1.54) is 19.3 Å². The largest absolute Gasteiger partial charge is 0.325 e. The minimum atomic E-state index is -3.46. The van der Waals surface area contributed by atoms with Gasteiger partial charge in [0.15, 0.2) is 0 Å². The maximum absolute atomic E-state index is 12.8. The number of carbonyl (C=O) groups is 1. The van der Waals surface area contributed by atoms with Crippen LogP contribution in [0.25, 0.3) is 0 Å². The zero-order valence-corrected chi connectivity index (χ0v) is 18.1. The average molecular weight is 423 g/mol. The van der Waals surface area contributed by atoms with Gasteiger partial charge in [-0.1, -0.05) is 13.3 Å². The number of carbonyl (C=O) groups excluding carboxylic acids is 1. The quantitative estimate of drug-likeness (QED) is 0.559. The van der Waals surface area contributed by atoms with Crippen LogP contribution in [0.4, 0.5) is 5.69 Å². The molecule has 1 aromatic rings. The highest BCUT2D eigenvalue weighted by Gasteiger charge is 2.27. The van der Waals surface area contributed by atoms with Gasteiger partial charge in [0, 0.05) is 24.8 Å². The van der Waals surface area contributed by atoms with Gasteiger partial charge in [-0.2, -0.15) is 4.31 Å². The molecule has 1 atom stereocenters. The molecule has 29 heavy (non-hydrogen) atoms. The highest BCUT2D eigenvalue weighted by atomic mass is 32.2. The molecule has 0 spiro atoms. The molecule has 0 aliphatic carbocycles. The highest BCUT2D eigenvalue weighted by Crippen LogP contribution is 2.24. The third-order valence-corrected chi connectivity index (χ3v) is 7.80. The Morgan fingerprint density at radius 1 is 1.14 bits per heavy atom. The molecule has 8 heteroatoms. The molecular formula is C21H34N4O3S. The van der Waals surface area contributed by atoms with Crippen molar-refractivity contribution in [2.75, 3.05) is 38.0 Å². The number of anilines is 1. The maximum Gasteiger partial charge on any atom is 0.243 e. The molecule has 1 amide bonds. The second-order valence-electron chi connectivity index (χ2n) is 8.27. The van der Waals surface area contributed by atoms with Crippen molar-refractivity contribution < 1.29 is 13.2 Å². The first-order valence-electron chi connectivity index (χ1n) is 10.8. The van der Waals surface area contributed by atoms with Crippen LogP contribution in [0.3, 0.4) is 0 Å². The molecule has 2 aliphatic heterocycles. The molecule has 2 saturated heterocycles. The third-order valence-electron chi connectivity index (χ3n) is 5.89. The van der Waals surface area contributed by atoms with Crippen molar-refractivity contribution in [2.45, 2.75) is 56.4 Å². The van der Waals surface area contributed by atoms with Gasteiger partial charge in [-0.3, -0.25) is 4.79 Å². The molecule has 3 N–H and O–H groups in total. The van der Waals surface area contributed by atoms with E-state index in [4.69, 9.17) is 0 Å². The van der Waals surface area contributed by atoms with Crippen LogP contribution in [-0.4, -0.2) is 57.4 Å².